The monoisotopic (exact) mass is 294 g/mol. The van der Waals surface area contributed by atoms with E-state index in [1.807, 2.05) is 11.3 Å². The molecule has 2 aliphatic heterocycles. The van der Waals surface area contributed by atoms with Gasteiger partial charge in [0.15, 0.2) is 0 Å². The first kappa shape index (κ1) is 14.4. The highest BCUT2D eigenvalue weighted by atomic mass is 32.1. The summed E-state index contributed by atoms with van der Waals surface area (Å²) in [6.07, 6.45) is 2.39. The molecule has 1 aromatic rings. The Morgan fingerprint density at radius 1 is 1.30 bits per heavy atom. The van der Waals surface area contributed by atoms with Crippen LogP contribution in [0.2, 0.25) is 0 Å². The molecular formula is C15H26N4S. The lowest BCUT2D eigenvalue weighted by Gasteiger charge is -2.31. The van der Waals surface area contributed by atoms with E-state index in [-0.39, 0.29) is 0 Å². The Bertz CT molecular complexity index is 439. The van der Waals surface area contributed by atoms with E-state index in [9.17, 15) is 0 Å². The molecule has 1 unspecified atom stereocenters. The number of rotatable bonds is 4. The molecule has 20 heavy (non-hydrogen) atoms. The first-order chi connectivity index (χ1) is 9.78. The summed E-state index contributed by atoms with van der Waals surface area (Å²) in [5, 5.41) is 4.75. The smallest absolute Gasteiger partial charge is 0.110 e. The van der Waals surface area contributed by atoms with Crippen molar-refractivity contribution in [2.24, 2.45) is 0 Å². The summed E-state index contributed by atoms with van der Waals surface area (Å²) in [6.45, 7) is 12.6. The number of hydrogen-bond donors (Lipinski definition) is 1. The van der Waals surface area contributed by atoms with Crippen LogP contribution in [0.3, 0.4) is 0 Å². The molecule has 3 heterocycles. The van der Waals surface area contributed by atoms with Gasteiger partial charge in [-0.05, 0) is 19.9 Å². The van der Waals surface area contributed by atoms with Gasteiger partial charge in [0.25, 0.3) is 0 Å². The minimum Gasteiger partial charge on any atom is -0.314 e. The average Bonchev–Trinajstić information content (AvgIpc) is 2.91. The van der Waals surface area contributed by atoms with Crippen molar-refractivity contribution in [2.75, 3.05) is 39.3 Å². The van der Waals surface area contributed by atoms with Crippen LogP contribution >= 0.6 is 11.3 Å². The number of fused-ring (bicyclic) bond motifs is 1. The van der Waals surface area contributed by atoms with Crippen molar-refractivity contribution in [2.45, 2.75) is 39.3 Å². The first-order valence-electron chi connectivity index (χ1n) is 7.93. The van der Waals surface area contributed by atoms with E-state index in [0.29, 0.717) is 6.04 Å². The van der Waals surface area contributed by atoms with Gasteiger partial charge in [-0.15, -0.1) is 11.3 Å². The molecule has 112 valence electrons. The van der Waals surface area contributed by atoms with E-state index in [1.165, 1.54) is 35.1 Å². The first-order valence-corrected chi connectivity index (χ1v) is 8.75. The summed E-state index contributed by atoms with van der Waals surface area (Å²) in [4.78, 5) is 11.6. The van der Waals surface area contributed by atoms with Gasteiger partial charge in [-0.25, -0.2) is 4.98 Å². The standard InChI is InChI=1S/C15H26N4S/c1-3-7-18-8-4-13-14(11-18)20-15(17-13)12(2)19-9-5-16-6-10-19/h12,16H,3-11H2,1-2H3. The van der Waals surface area contributed by atoms with Crippen LogP contribution < -0.4 is 5.32 Å². The van der Waals surface area contributed by atoms with Gasteiger partial charge in [0.1, 0.15) is 5.01 Å². The Morgan fingerprint density at radius 3 is 2.85 bits per heavy atom. The summed E-state index contributed by atoms with van der Waals surface area (Å²) in [7, 11) is 0. The van der Waals surface area contributed by atoms with Crippen LogP contribution in [0.25, 0.3) is 0 Å². The lowest BCUT2D eigenvalue weighted by molar-refractivity contribution is 0.185. The molecule has 0 spiro atoms. The van der Waals surface area contributed by atoms with Crippen LogP contribution in [-0.4, -0.2) is 54.1 Å². The van der Waals surface area contributed by atoms with Gasteiger partial charge < -0.3 is 5.32 Å². The van der Waals surface area contributed by atoms with Gasteiger partial charge in [-0.3, -0.25) is 9.80 Å². The zero-order chi connectivity index (χ0) is 13.9. The van der Waals surface area contributed by atoms with E-state index in [0.717, 1.165) is 39.1 Å². The van der Waals surface area contributed by atoms with Gasteiger partial charge in [-0.2, -0.15) is 0 Å². The largest absolute Gasteiger partial charge is 0.314 e. The number of aromatic nitrogens is 1. The third kappa shape index (κ3) is 3.06. The van der Waals surface area contributed by atoms with Crippen molar-refractivity contribution in [3.8, 4) is 0 Å². The van der Waals surface area contributed by atoms with E-state index >= 15 is 0 Å². The molecule has 1 N–H and O–H groups in total. The molecule has 0 aromatic carbocycles. The summed E-state index contributed by atoms with van der Waals surface area (Å²) in [5.74, 6) is 0. The van der Waals surface area contributed by atoms with Crippen molar-refractivity contribution in [3.05, 3.63) is 15.6 Å². The maximum atomic E-state index is 4.95. The highest BCUT2D eigenvalue weighted by Crippen LogP contribution is 2.31. The Hall–Kier alpha value is -0.490. The number of nitrogens with one attached hydrogen (secondary N) is 1. The van der Waals surface area contributed by atoms with Gasteiger partial charge in [0, 0.05) is 50.6 Å². The zero-order valence-corrected chi connectivity index (χ0v) is 13.5. The minimum atomic E-state index is 0.479. The molecule has 1 aromatic heterocycles. The van der Waals surface area contributed by atoms with Crippen molar-refractivity contribution in [1.82, 2.24) is 20.1 Å². The summed E-state index contributed by atoms with van der Waals surface area (Å²) < 4.78 is 0. The van der Waals surface area contributed by atoms with Crippen molar-refractivity contribution < 1.29 is 0 Å². The maximum absolute atomic E-state index is 4.95. The molecule has 0 bridgehead atoms. The van der Waals surface area contributed by atoms with Gasteiger partial charge in [0.05, 0.1) is 11.7 Å². The number of hydrogen-bond acceptors (Lipinski definition) is 5. The lowest BCUT2D eigenvalue weighted by Crippen LogP contribution is -2.44. The predicted octanol–water partition coefficient (Wildman–Crippen LogP) is 1.88. The Labute approximate surface area is 126 Å². The molecule has 2 aliphatic rings. The second kappa shape index (κ2) is 6.52. The molecule has 1 atom stereocenters. The summed E-state index contributed by atoms with van der Waals surface area (Å²) >= 11 is 1.95. The van der Waals surface area contributed by atoms with E-state index in [2.05, 4.69) is 29.0 Å². The lowest BCUT2D eigenvalue weighted by atomic mass is 10.1. The van der Waals surface area contributed by atoms with Crippen molar-refractivity contribution >= 4 is 11.3 Å². The van der Waals surface area contributed by atoms with Crippen LogP contribution in [0, 0.1) is 0 Å². The minimum absolute atomic E-state index is 0.479. The molecule has 1 fully saturated rings. The van der Waals surface area contributed by atoms with Crippen molar-refractivity contribution in [3.63, 3.8) is 0 Å². The molecule has 5 heteroatoms. The van der Waals surface area contributed by atoms with Gasteiger partial charge >= 0.3 is 0 Å². The SMILES string of the molecule is CCCN1CCc2nc(C(C)N3CCNCC3)sc2C1. The van der Waals surface area contributed by atoms with Crippen LogP contribution in [0.5, 0.6) is 0 Å². The third-order valence-corrected chi connectivity index (χ3v) is 5.68. The van der Waals surface area contributed by atoms with Crippen molar-refractivity contribution in [1.29, 1.82) is 0 Å². The molecule has 0 radical (unpaired) electrons. The Balaban J connectivity index is 1.69. The van der Waals surface area contributed by atoms with Crippen LogP contribution in [0.15, 0.2) is 0 Å². The fourth-order valence-corrected chi connectivity index (χ4v) is 4.42. The van der Waals surface area contributed by atoms with Crippen LogP contribution in [0.4, 0.5) is 0 Å². The Kier molecular flexibility index (Phi) is 4.71. The van der Waals surface area contributed by atoms with Gasteiger partial charge in [-0.1, -0.05) is 6.92 Å². The fraction of sp³-hybridized carbons (Fsp3) is 0.800. The van der Waals surface area contributed by atoms with E-state index < -0.39 is 0 Å². The molecule has 0 amide bonds. The quantitative estimate of drug-likeness (QED) is 0.919. The second-order valence-corrected chi connectivity index (χ2v) is 7.03. The third-order valence-electron chi connectivity index (χ3n) is 4.42. The topological polar surface area (TPSA) is 31.4 Å². The maximum Gasteiger partial charge on any atom is 0.110 e. The molecule has 1 saturated heterocycles. The highest BCUT2D eigenvalue weighted by molar-refractivity contribution is 7.11. The summed E-state index contributed by atoms with van der Waals surface area (Å²) in [5.41, 5.74) is 1.37. The highest BCUT2D eigenvalue weighted by Gasteiger charge is 2.25. The number of piperazine rings is 1. The number of thiazole rings is 1. The Morgan fingerprint density at radius 2 is 2.10 bits per heavy atom. The molecule has 4 nitrogen and oxygen atoms in total. The van der Waals surface area contributed by atoms with Gasteiger partial charge in [0.2, 0.25) is 0 Å². The average molecular weight is 294 g/mol. The fourth-order valence-electron chi connectivity index (χ4n) is 3.18. The number of nitrogens with zero attached hydrogens (tertiary/aromatic N) is 3. The van der Waals surface area contributed by atoms with E-state index in [1.54, 1.807) is 0 Å². The van der Waals surface area contributed by atoms with Crippen LogP contribution in [-0.2, 0) is 13.0 Å². The zero-order valence-electron chi connectivity index (χ0n) is 12.7. The summed E-state index contributed by atoms with van der Waals surface area (Å²) in [6, 6.07) is 0.479. The van der Waals surface area contributed by atoms with E-state index in [4.69, 9.17) is 4.98 Å². The second-order valence-electron chi connectivity index (χ2n) is 5.91. The molecule has 0 aliphatic carbocycles. The normalized spacial score (nSPS) is 22.7. The molecular weight excluding hydrogens is 268 g/mol. The van der Waals surface area contributed by atoms with Crippen LogP contribution in [0.1, 0.15) is 41.9 Å². The predicted molar refractivity (Wildman–Crippen MR) is 84.2 cm³/mol. The molecule has 3 rings (SSSR count). The molecule has 0 saturated carbocycles.